The van der Waals surface area contributed by atoms with Crippen LogP contribution >= 0.6 is 15.9 Å². The molecule has 0 unspecified atom stereocenters. The quantitative estimate of drug-likeness (QED) is 0.668. The maximum atomic E-state index is 12.4. The minimum Gasteiger partial charge on any atom is -0.465 e. The summed E-state index contributed by atoms with van der Waals surface area (Å²) in [7, 11) is 0. The van der Waals surface area contributed by atoms with Crippen molar-refractivity contribution >= 4 is 38.6 Å². The van der Waals surface area contributed by atoms with Crippen LogP contribution in [0.3, 0.4) is 0 Å². The van der Waals surface area contributed by atoms with Crippen LogP contribution in [0.1, 0.15) is 24.5 Å². The van der Waals surface area contributed by atoms with Crippen molar-refractivity contribution < 1.29 is 9.90 Å². The van der Waals surface area contributed by atoms with E-state index in [4.69, 9.17) is 10.1 Å². The highest BCUT2D eigenvalue weighted by molar-refractivity contribution is 9.10. The third-order valence-electron chi connectivity index (χ3n) is 4.58. The van der Waals surface area contributed by atoms with Gasteiger partial charge < -0.3 is 10.0 Å². The second-order valence-electron chi connectivity index (χ2n) is 6.02. The molecule has 8 heteroatoms. The summed E-state index contributed by atoms with van der Waals surface area (Å²) in [6.45, 7) is 0.948. The van der Waals surface area contributed by atoms with Crippen LogP contribution in [0.25, 0.3) is 16.6 Å². The van der Waals surface area contributed by atoms with Gasteiger partial charge in [0.15, 0.2) is 5.65 Å². The van der Waals surface area contributed by atoms with Crippen molar-refractivity contribution in [3.8, 4) is 0 Å². The molecule has 1 aromatic carbocycles. The average Bonchev–Trinajstić information content (AvgIpc) is 2.93. The number of hydrogen-bond donors (Lipinski definition) is 2. The molecule has 0 atom stereocenters. The SMILES string of the molecule is O=C(O)N1CCC(c2cc(=O)n3[nH]c4cc(Br)ccc4c3n2)CC1. The summed E-state index contributed by atoms with van der Waals surface area (Å²) < 4.78 is 2.38. The Morgan fingerprint density at radius 2 is 2.04 bits per heavy atom. The lowest BCUT2D eigenvalue weighted by molar-refractivity contribution is 0.131. The second-order valence-corrected chi connectivity index (χ2v) is 6.94. The number of carbonyl (C=O) groups is 1. The predicted molar refractivity (Wildman–Crippen MR) is 92.6 cm³/mol. The molecular weight excluding hydrogens is 376 g/mol. The number of piperidine rings is 1. The van der Waals surface area contributed by atoms with Gasteiger partial charge in [-0.2, -0.15) is 0 Å². The monoisotopic (exact) mass is 390 g/mol. The average molecular weight is 391 g/mol. The number of nitrogens with zero attached hydrogens (tertiary/aromatic N) is 3. The minimum atomic E-state index is -0.890. The lowest BCUT2D eigenvalue weighted by atomic mass is 9.93. The Kier molecular flexibility index (Phi) is 3.56. The van der Waals surface area contributed by atoms with Crippen LogP contribution in [0.2, 0.25) is 0 Å². The van der Waals surface area contributed by atoms with Crippen LogP contribution < -0.4 is 5.56 Å². The van der Waals surface area contributed by atoms with E-state index in [1.54, 1.807) is 6.07 Å². The molecule has 7 nitrogen and oxygen atoms in total. The van der Waals surface area contributed by atoms with E-state index < -0.39 is 6.09 Å². The fraction of sp³-hybridized carbons (Fsp3) is 0.312. The molecule has 3 aromatic rings. The Hall–Kier alpha value is -2.35. The zero-order chi connectivity index (χ0) is 16.8. The zero-order valence-corrected chi connectivity index (χ0v) is 14.3. The van der Waals surface area contributed by atoms with Crippen LogP contribution in [-0.2, 0) is 0 Å². The summed E-state index contributed by atoms with van der Waals surface area (Å²) in [6.07, 6.45) is 0.477. The molecule has 124 valence electrons. The Morgan fingerprint density at radius 1 is 1.29 bits per heavy atom. The van der Waals surface area contributed by atoms with Crippen molar-refractivity contribution in [2.24, 2.45) is 0 Å². The van der Waals surface area contributed by atoms with Crippen molar-refractivity contribution in [2.45, 2.75) is 18.8 Å². The van der Waals surface area contributed by atoms with Crippen LogP contribution in [0.4, 0.5) is 4.79 Å². The van der Waals surface area contributed by atoms with Crippen molar-refractivity contribution in [1.82, 2.24) is 19.5 Å². The molecule has 3 heterocycles. The molecule has 0 bridgehead atoms. The fourth-order valence-corrected chi connectivity index (χ4v) is 3.65. The van der Waals surface area contributed by atoms with Gasteiger partial charge in [0.05, 0.1) is 11.2 Å². The van der Waals surface area contributed by atoms with E-state index in [-0.39, 0.29) is 11.5 Å². The molecule has 1 aliphatic heterocycles. The van der Waals surface area contributed by atoms with Crippen molar-refractivity contribution in [1.29, 1.82) is 0 Å². The van der Waals surface area contributed by atoms with Gasteiger partial charge in [-0.15, -0.1) is 0 Å². The molecule has 0 saturated carbocycles. The lowest BCUT2D eigenvalue weighted by Crippen LogP contribution is -2.37. The van der Waals surface area contributed by atoms with E-state index in [1.807, 2.05) is 18.2 Å². The number of rotatable bonds is 1. The molecule has 1 saturated heterocycles. The van der Waals surface area contributed by atoms with Crippen LogP contribution in [0.15, 0.2) is 33.5 Å². The number of hydrogen-bond acceptors (Lipinski definition) is 3. The van der Waals surface area contributed by atoms with Crippen LogP contribution in [0, 0.1) is 0 Å². The number of halogens is 1. The van der Waals surface area contributed by atoms with Gasteiger partial charge in [0, 0.05) is 34.9 Å². The van der Waals surface area contributed by atoms with Gasteiger partial charge in [0.1, 0.15) is 0 Å². The van der Waals surface area contributed by atoms with E-state index in [0.717, 1.165) is 21.1 Å². The molecule has 2 N–H and O–H groups in total. The fourth-order valence-electron chi connectivity index (χ4n) is 3.29. The summed E-state index contributed by atoms with van der Waals surface area (Å²) >= 11 is 3.42. The molecule has 2 aromatic heterocycles. The molecule has 0 spiro atoms. The van der Waals surface area contributed by atoms with E-state index in [0.29, 0.717) is 31.6 Å². The highest BCUT2D eigenvalue weighted by atomic mass is 79.9. The molecule has 1 aliphatic rings. The summed E-state index contributed by atoms with van der Waals surface area (Å²) in [5.41, 5.74) is 2.05. The van der Waals surface area contributed by atoms with Crippen LogP contribution in [0.5, 0.6) is 0 Å². The van der Waals surface area contributed by atoms with E-state index in [2.05, 4.69) is 21.0 Å². The van der Waals surface area contributed by atoms with Gasteiger partial charge in [0.2, 0.25) is 0 Å². The van der Waals surface area contributed by atoms with Crippen molar-refractivity contribution in [2.75, 3.05) is 13.1 Å². The van der Waals surface area contributed by atoms with Crippen molar-refractivity contribution in [3.63, 3.8) is 0 Å². The van der Waals surface area contributed by atoms with Gasteiger partial charge >= 0.3 is 6.09 Å². The molecular formula is C16H15BrN4O3. The van der Waals surface area contributed by atoms with Gasteiger partial charge in [-0.1, -0.05) is 15.9 Å². The smallest absolute Gasteiger partial charge is 0.407 e. The maximum absolute atomic E-state index is 12.4. The highest BCUT2D eigenvalue weighted by Crippen LogP contribution is 2.28. The number of aromatic nitrogens is 3. The first-order valence-electron chi connectivity index (χ1n) is 7.72. The third kappa shape index (κ3) is 2.47. The van der Waals surface area contributed by atoms with Crippen LogP contribution in [-0.4, -0.2) is 43.8 Å². The van der Waals surface area contributed by atoms with E-state index in [1.165, 1.54) is 9.42 Å². The zero-order valence-electron chi connectivity index (χ0n) is 12.7. The number of likely N-dealkylation sites (tertiary alicyclic amines) is 1. The molecule has 0 aliphatic carbocycles. The largest absolute Gasteiger partial charge is 0.465 e. The predicted octanol–water partition coefficient (Wildman–Crippen LogP) is 2.80. The standard InChI is InChI=1S/C16H15BrN4O3/c17-10-1-2-11-13(7-10)19-21-14(22)8-12(18-15(11)21)9-3-5-20(6-4-9)16(23)24/h1-2,7-9,19H,3-6H2,(H,23,24). The number of nitrogens with one attached hydrogen (secondary N) is 1. The Balaban J connectivity index is 1.76. The molecule has 1 fully saturated rings. The number of amides is 1. The topological polar surface area (TPSA) is 90.7 Å². The summed E-state index contributed by atoms with van der Waals surface area (Å²) in [6, 6.07) is 7.31. The maximum Gasteiger partial charge on any atom is 0.407 e. The lowest BCUT2D eigenvalue weighted by Gasteiger charge is -2.29. The molecule has 1 amide bonds. The Labute approximate surface area is 145 Å². The third-order valence-corrected chi connectivity index (χ3v) is 5.07. The summed E-state index contributed by atoms with van der Waals surface area (Å²) in [5, 5.41) is 13.0. The number of benzene rings is 1. The Morgan fingerprint density at radius 3 is 2.75 bits per heavy atom. The molecule has 24 heavy (non-hydrogen) atoms. The van der Waals surface area contributed by atoms with Crippen molar-refractivity contribution in [3.05, 3.63) is 44.8 Å². The number of aromatic amines is 1. The summed E-state index contributed by atoms with van der Waals surface area (Å²) in [4.78, 5) is 29.6. The van der Waals surface area contributed by atoms with Gasteiger partial charge in [0.25, 0.3) is 5.56 Å². The van der Waals surface area contributed by atoms with E-state index in [9.17, 15) is 9.59 Å². The second kappa shape index (κ2) is 5.62. The first-order chi connectivity index (χ1) is 11.5. The minimum absolute atomic E-state index is 0.110. The normalized spacial score (nSPS) is 16.1. The first-order valence-corrected chi connectivity index (χ1v) is 8.51. The molecule has 4 rings (SSSR count). The number of fused-ring (bicyclic) bond motifs is 3. The van der Waals surface area contributed by atoms with Gasteiger partial charge in [-0.05, 0) is 31.0 Å². The number of carboxylic acid groups (broad SMARTS) is 1. The summed E-state index contributed by atoms with van der Waals surface area (Å²) in [5.74, 6) is 0.110. The molecule has 0 radical (unpaired) electrons. The van der Waals surface area contributed by atoms with Gasteiger partial charge in [-0.3, -0.25) is 9.89 Å². The first kappa shape index (κ1) is 15.2. The Bertz CT molecular complexity index is 1000. The number of H-pyrrole nitrogens is 1. The van der Waals surface area contributed by atoms with E-state index >= 15 is 0 Å². The highest BCUT2D eigenvalue weighted by Gasteiger charge is 2.25. The van der Waals surface area contributed by atoms with Gasteiger partial charge in [-0.25, -0.2) is 14.3 Å².